The summed E-state index contributed by atoms with van der Waals surface area (Å²) < 4.78 is 0. The average Bonchev–Trinajstić information content (AvgIpc) is 2.43. The van der Waals surface area contributed by atoms with E-state index in [4.69, 9.17) is 16.2 Å². The van der Waals surface area contributed by atoms with Crippen molar-refractivity contribution in [3.63, 3.8) is 0 Å². The van der Waals surface area contributed by atoms with Gasteiger partial charge in [0.2, 0.25) is 11.8 Å². The van der Waals surface area contributed by atoms with E-state index in [0.717, 1.165) is 0 Å². The molecule has 0 bridgehead atoms. The summed E-state index contributed by atoms with van der Waals surface area (Å²) in [7, 11) is 1.69. The summed E-state index contributed by atoms with van der Waals surface area (Å²) >= 11 is 0. The number of carbonyl (C=O) groups is 3. The molecule has 0 aromatic carbocycles. The Morgan fingerprint density at radius 2 is 2.18 bits per heavy atom. The highest BCUT2D eigenvalue weighted by molar-refractivity contribution is 6.02. The van der Waals surface area contributed by atoms with Crippen LogP contribution in [0, 0.1) is 5.41 Å². The number of guanidine groups is 1. The molecule has 1 fully saturated rings. The Balaban J connectivity index is 0.000000302. The third-order valence-electron chi connectivity index (χ3n) is 1.76. The molecule has 17 heavy (non-hydrogen) atoms. The molecule has 96 valence electrons. The van der Waals surface area contributed by atoms with E-state index < -0.39 is 17.9 Å². The number of aliphatic carboxylic acids is 1. The summed E-state index contributed by atoms with van der Waals surface area (Å²) in [5.41, 5.74) is 9.57. The molecule has 1 heterocycles. The summed E-state index contributed by atoms with van der Waals surface area (Å²) in [5.74, 6) is -1.83. The number of likely N-dealkylation sites (N-methyl/N-ethyl adjacent to an activating group) is 1. The Kier molecular flexibility index (Phi) is 5.61. The van der Waals surface area contributed by atoms with E-state index in [1.54, 1.807) is 11.9 Å². The first kappa shape index (κ1) is 14.8. The number of hydrogen-bond donors (Lipinski definition) is 5. The quantitative estimate of drug-likeness (QED) is 0.362. The van der Waals surface area contributed by atoms with E-state index in [0.29, 0.717) is 6.54 Å². The second-order valence-corrected chi connectivity index (χ2v) is 3.37. The second kappa shape index (κ2) is 6.43. The third kappa shape index (κ3) is 6.10. The molecular formula is C8H15N5O4. The maximum absolute atomic E-state index is 10.4. The minimum atomic E-state index is -1.21. The van der Waals surface area contributed by atoms with Gasteiger partial charge in [-0.2, -0.15) is 0 Å². The average molecular weight is 245 g/mol. The zero-order valence-electron chi connectivity index (χ0n) is 9.27. The standard InChI is InChI=1S/C4H7N3O.C4H8N2O3/c1-7-2-3(8)6-4(7)5;5-2(4(8)9)1-3(6)7/h2H2,1H3,(H2,5,6,8);2H,1,5H2,(H2,6,7)(H,8,9)/t;2-/m.0/s1. The molecule has 0 aromatic heterocycles. The number of rotatable bonds is 3. The Labute approximate surface area is 97.2 Å². The molecule has 1 rings (SSSR count). The first-order chi connectivity index (χ1) is 7.73. The molecule has 1 saturated heterocycles. The van der Waals surface area contributed by atoms with Crippen LogP contribution in [0.3, 0.4) is 0 Å². The molecule has 2 amide bonds. The molecule has 0 spiro atoms. The van der Waals surface area contributed by atoms with Gasteiger partial charge in [0.15, 0.2) is 5.96 Å². The van der Waals surface area contributed by atoms with Crippen LogP contribution >= 0.6 is 0 Å². The molecule has 0 radical (unpaired) electrons. The van der Waals surface area contributed by atoms with Gasteiger partial charge in [-0.05, 0) is 0 Å². The largest absolute Gasteiger partial charge is 0.480 e. The van der Waals surface area contributed by atoms with Gasteiger partial charge in [-0.15, -0.1) is 0 Å². The number of carboxylic acid groups (broad SMARTS) is 1. The van der Waals surface area contributed by atoms with Crippen molar-refractivity contribution in [1.29, 1.82) is 5.41 Å². The molecule has 0 saturated carbocycles. The van der Waals surface area contributed by atoms with E-state index in [-0.39, 0.29) is 18.3 Å². The van der Waals surface area contributed by atoms with Crippen LogP contribution in [0.1, 0.15) is 6.42 Å². The van der Waals surface area contributed by atoms with Gasteiger partial charge in [-0.1, -0.05) is 0 Å². The maximum atomic E-state index is 10.4. The van der Waals surface area contributed by atoms with Crippen LogP contribution in [-0.4, -0.2) is 53.4 Å². The minimum absolute atomic E-state index is 0.0995. The highest BCUT2D eigenvalue weighted by Crippen LogP contribution is 1.89. The van der Waals surface area contributed by atoms with Gasteiger partial charge in [0.25, 0.3) is 0 Å². The Morgan fingerprint density at radius 1 is 1.65 bits per heavy atom. The van der Waals surface area contributed by atoms with Crippen LogP contribution < -0.4 is 16.8 Å². The maximum Gasteiger partial charge on any atom is 0.321 e. The highest BCUT2D eigenvalue weighted by Gasteiger charge is 2.18. The summed E-state index contributed by atoms with van der Waals surface area (Å²) in [6, 6.07) is -1.16. The lowest BCUT2D eigenvalue weighted by Crippen LogP contribution is -2.34. The van der Waals surface area contributed by atoms with E-state index in [9.17, 15) is 14.4 Å². The topological polar surface area (TPSA) is 163 Å². The monoisotopic (exact) mass is 245 g/mol. The Morgan fingerprint density at radius 3 is 2.29 bits per heavy atom. The van der Waals surface area contributed by atoms with Crippen molar-refractivity contribution in [2.45, 2.75) is 12.5 Å². The van der Waals surface area contributed by atoms with Crippen molar-refractivity contribution in [2.75, 3.05) is 13.6 Å². The number of nitrogens with one attached hydrogen (secondary N) is 2. The van der Waals surface area contributed by atoms with Crippen molar-refractivity contribution in [3.8, 4) is 0 Å². The lowest BCUT2D eigenvalue weighted by atomic mass is 10.2. The number of carboxylic acids is 1. The SMILES string of the molecule is CN1CC(=O)NC1=N.NC(=O)C[C@H](N)C(=O)O. The van der Waals surface area contributed by atoms with Crippen LogP contribution in [0.25, 0.3) is 0 Å². The first-order valence-corrected chi connectivity index (χ1v) is 4.60. The van der Waals surface area contributed by atoms with Crippen molar-refractivity contribution >= 4 is 23.7 Å². The molecule has 9 heteroatoms. The molecule has 0 aromatic rings. The van der Waals surface area contributed by atoms with Crippen molar-refractivity contribution in [1.82, 2.24) is 10.2 Å². The van der Waals surface area contributed by atoms with Crippen LogP contribution in [0.4, 0.5) is 0 Å². The molecule has 0 aliphatic carbocycles. The number of carbonyl (C=O) groups excluding carboxylic acids is 2. The summed E-state index contributed by atoms with van der Waals surface area (Å²) in [6.45, 7) is 0.318. The lowest BCUT2D eigenvalue weighted by Gasteiger charge is -2.03. The zero-order chi connectivity index (χ0) is 13.6. The molecule has 1 aliphatic rings. The Bertz CT molecular complexity index is 343. The highest BCUT2D eigenvalue weighted by atomic mass is 16.4. The van der Waals surface area contributed by atoms with Crippen LogP contribution in [-0.2, 0) is 14.4 Å². The molecule has 7 N–H and O–H groups in total. The number of primary amides is 1. The molecule has 9 nitrogen and oxygen atoms in total. The van der Waals surface area contributed by atoms with Gasteiger partial charge in [0, 0.05) is 7.05 Å². The fourth-order valence-electron chi connectivity index (χ4n) is 0.866. The number of amides is 2. The van der Waals surface area contributed by atoms with Gasteiger partial charge in [-0.3, -0.25) is 25.1 Å². The normalized spacial score (nSPS) is 15.8. The minimum Gasteiger partial charge on any atom is -0.480 e. The molecule has 1 atom stereocenters. The van der Waals surface area contributed by atoms with Crippen molar-refractivity contribution in [2.24, 2.45) is 11.5 Å². The van der Waals surface area contributed by atoms with E-state index in [1.807, 2.05) is 0 Å². The molecular weight excluding hydrogens is 230 g/mol. The van der Waals surface area contributed by atoms with Gasteiger partial charge in [0.05, 0.1) is 13.0 Å². The smallest absolute Gasteiger partial charge is 0.321 e. The van der Waals surface area contributed by atoms with Gasteiger partial charge in [-0.25, -0.2) is 0 Å². The lowest BCUT2D eigenvalue weighted by molar-refractivity contribution is -0.140. The Hall–Kier alpha value is -2.16. The predicted octanol–water partition coefficient (Wildman–Crippen LogP) is -2.74. The van der Waals surface area contributed by atoms with Crippen LogP contribution in [0.15, 0.2) is 0 Å². The van der Waals surface area contributed by atoms with Gasteiger partial charge >= 0.3 is 5.97 Å². The van der Waals surface area contributed by atoms with Gasteiger partial charge < -0.3 is 21.5 Å². The summed E-state index contributed by atoms with van der Waals surface area (Å²) in [6.07, 6.45) is -0.310. The number of nitrogens with zero attached hydrogens (tertiary/aromatic N) is 1. The summed E-state index contributed by atoms with van der Waals surface area (Å²) in [4.78, 5) is 31.8. The van der Waals surface area contributed by atoms with Crippen LogP contribution in [0.5, 0.6) is 0 Å². The third-order valence-corrected chi connectivity index (χ3v) is 1.76. The predicted molar refractivity (Wildman–Crippen MR) is 57.9 cm³/mol. The molecule has 1 aliphatic heterocycles. The number of hydrogen-bond acceptors (Lipinski definition) is 5. The molecule has 0 unspecified atom stereocenters. The van der Waals surface area contributed by atoms with Crippen molar-refractivity contribution < 1.29 is 19.5 Å². The number of nitrogens with two attached hydrogens (primary N) is 2. The van der Waals surface area contributed by atoms with E-state index >= 15 is 0 Å². The van der Waals surface area contributed by atoms with E-state index in [2.05, 4.69) is 11.1 Å². The summed E-state index contributed by atoms with van der Waals surface area (Å²) in [5, 5.41) is 17.4. The fourth-order valence-corrected chi connectivity index (χ4v) is 0.866. The fraction of sp³-hybridized carbons (Fsp3) is 0.500. The first-order valence-electron chi connectivity index (χ1n) is 4.60. The van der Waals surface area contributed by atoms with Gasteiger partial charge in [0.1, 0.15) is 6.04 Å². The van der Waals surface area contributed by atoms with E-state index in [1.165, 1.54) is 0 Å². The van der Waals surface area contributed by atoms with Crippen LogP contribution in [0.2, 0.25) is 0 Å². The van der Waals surface area contributed by atoms with Crippen molar-refractivity contribution in [3.05, 3.63) is 0 Å². The zero-order valence-corrected chi connectivity index (χ0v) is 9.27. The second-order valence-electron chi connectivity index (χ2n) is 3.37.